The van der Waals surface area contributed by atoms with Crippen LogP contribution in [0, 0.1) is 11.3 Å². The zero-order chi connectivity index (χ0) is 19.2. The fourth-order valence-electron chi connectivity index (χ4n) is 2.61. The summed E-state index contributed by atoms with van der Waals surface area (Å²) in [6.07, 6.45) is 3.26. The number of hydrogen-bond donors (Lipinski definition) is 1. The smallest absolute Gasteiger partial charge is 0.203 e. The van der Waals surface area contributed by atoms with E-state index in [1.807, 2.05) is 12.1 Å². The molecule has 1 N–H and O–H groups in total. The average Bonchev–Trinajstić information content (AvgIpc) is 2.73. The zero-order valence-corrected chi connectivity index (χ0v) is 15.2. The first-order chi connectivity index (χ1) is 13.2. The number of rotatable bonds is 6. The molecule has 136 valence electrons. The van der Waals surface area contributed by atoms with Crippen molar-refractivity contribution in [2.75, 3.05) is 26.6 Å². The predicted molar refractivity (Wildman–Crippen MR) is 102 cm³/mol. The third-order valence-electron chi connectivity index (χ3n) is 3.86. The quantitative estimate of drug-likeness (QED) is 0.713. The van der Waals surface area contributed by atoms with E-state index in [4.69, 9.17) is 19.5 Å². The Morgan fingerprint density at radius 2 is 1.70 bits per heavy atom. The molecular formula is C20H18N4O3. The molecule has 0 saturated heterocycles. The lowest BCUT2D eigenvalue weighted by Gasteiger charge is -2.15. The Balaban J connectivity index is 1.94. The summed E-state index contributed by atoms with van der Waals surface area (Å²) in [6, 6.07) is 12.9. The maximum Gasteiger partial charge on any atom is 0.203 e. The van der Waals surface area contributed by atoms with Crippen LogP contribution in [0.25, 0.3) is 11.3 Å². The Bertz CT molecular complexity index is 974. The summed E-state index contributed by atoms with van der Waals surface area (Å²) in [5.41, 5.74) is 2.75. The first-order valence-electron chi connectivity index (χ1n) is 8.08. The number of nitrogens with one attached hydrogen (secondary N) is 1. The van der Waals surface area contributed by atoms with E-state index in [2.05, 4.69) is 21.4 Å². The lowest BCUT2D eigenvalue weighted by molar-refractivity contribution is 0.324. The van der Waals surface area contributed by atoms with Crippen LogP contribution >= 0.6 is 0 Å². The summed E-state index contributed by atoms with van der Waals surface area (Å²) in [5.74, 6) is 2.12. The van der Waals surface area contributed by atoms with E-state index in [0.717, 1.165) is 5.56 Å². The van der Waals surface area contributed by atoms with Crippen molar-refractivity contribution < 1.29 is 14.2 Å². The van der Waals surface area contributed by atoms with Crippen LogP contribution in [-0.2, 0) is 0 Å². The molecule has 7 heteroatoms. The molecule has 1 aromatic heterocycles. The molecule has 0 radical (unpaired) electrons. The molecule has 7 nitrogen and oxygen atoms in total. The molecular weight excluding hydrogens is 344 g/mol. The average molecular weight is 362 g/mol. The van der Waals surface area contributed by atoms with Crippen molar-refractivity contribution in [3.05, 3.63) is 54.4 Å². The van der Waals surface area contributed by atoms with Crippen LogP contribution in [0.2, 0.25) is 0 Å². The Labute approximate surface area is 157 Å². The molecule has 1 heterocycles. The Morgan fingerprint density at radius 3 is 2.33 bits per heavy atom. The molecule has 0 amide bonds. The zero-order valence-electron chi connectivity index (χ0n) is 15.2. The van der Waals surface area contributed by atoms with Crippen LogP contribution in [0.5, 0.6) is 17.2 Å². The SMILES string of the molecule is COc1cc(Nc2cncc(-c3cccc(C#N)c3)n2)cc(OC)c1OC. The van der Waals surface area contributed by atoms with Gasteiger partial charge in [0.1, 0.15) is 5.82 Å². The Hall–Kier alpha value is -3.79. The summed E-state index contributed by atoms with van der Waals surface area (Å²) >= 11 is 0. The third-order valence-corrected chi connectivity index (χ3v) is 3.86. The van der Waals surface area contributed by atoms with Gasteiger partial charge in [-0.2, -0.15) is 5.26 Å². The highest BCUT2D eigenvalue weighted by molar-refractivity contribution is 5.68. The van der Waals surface area contributed by atoms with E-state index in [9.17, 15) is 0 Å². The van der Waals surface area contributed by atoms with E-state index in [-0.39, 0.29) is 0 Å². The number of anilines is 2. The van der Waals surface area contributed by atoms with Crippen LogP contribution in [-0.4, -0.2) is 31.3 Å². The molecule has 0 saturated carbocycles. The summed E-state index contributed by atoms with van der Waals surface area (Å²) in [4.78, 5) is 8.81. The monoisotopic (exact) mass is 362 g/mol. The van der Waals surface area contributed by atoms with Crippen molar-refractivity contribution in [3.8, 4) is 34.6 Å². The predicted octanol–water partition coefficient (Wildman–Crippen LogP) is 3.78. The minimum absolute atomic E-state index is 0.513. The van der Waals surface area contributed by atoms with Crippen LogP contribution in [0.3, 0.4) is 0 Å². The van der Waals surface area contributed by atoms with Crippen molar-refractivity contribution in [3.63, 3.8) is 0 Å². The molecule has 0 aliphatic rings. The molecule has 3 rings (SSSR count). The number of benzene rings is 2. The van der Waals surface area contributed by atoms with Gasteiger partial charge in [0.05, 0.1) is 51.0 Å². The van der Waals surface area contributed by atoms with Crippen LogP contribution in [0.15, 0.2) is 48.8 Å². The highest BCUT2D eigenvalue weighted by Crippen LogP contribution is 2.40. The molecule has 0 atom stereocenters. The molecule has 0 bridgehead atoms. The van der Waals surface area contributed by atoms with Gasteiger partial charge in [-0.3, -0.25) is 4.98 Å². The fourth-order valence-corrected chi connectivity index (χ4v) is 2.61. The van der Waals surface area contributed by atoms with Crippen molar-refractivity contribution >= 4 is 11.5 Å². The van der Waals surface area contributed by atoms with E-state index in [0.29, 0.717) is 40.0 Å². The molecule has 2 aromatic carbocycles. The highest BCUT2D eigenvalue weighted by Gasteiger charge is 2.14. The number of ether oxygens (including phenoxy) is 3. The molecule has 0 fully saturated rings. The largest absolute Gasteiger partial charge is 0.493 e. The van der Waals surface area contributed by atoms with Gasteiger partial charge in [0, 0.05) is 23.4 Å². The van der Waals surface area contributed by atoms with Gasteiger partial charge < -0.3 is 19.5 Å². The summed E-state index contributed by atoms with van der Waals surface area (Å²) < 4.78 is 16.1. The van der Waals surface area contributed by atoms with Gasteiger partial charge in [0.15, 0.2) is 11.5 Å². The van der Waals surface area contributed by atoms with Gasteiger partial charge in [-0.25, -0.2) is 4.98 Å². The van der Waals surface area contributed by atoms with Crippen LogP contribution < -0.4 is 19.5 Å². The lowest BCUT2D eigenvalue weighted by atomic mass is 10.1. The molecule has 27 heavy (non-hydrogen) atoms. The lowest BCUT2D eigenvalue weighted by Crippen LogP contribution is -2.00. The van der Waals surface area contributed by atoms with Crippen molar-refractivity contribution in [1.29, 1.82) is 5.26 Å². The normalized spacial score (nSPS) is 10.0. The number of nitriles is 1. The first-order valence-corrected chi connectivity index (χ1v) is 8.08. The first kappa shape index (κ1) is 18.0. The second-order valence-electron chi connectivity index (χ2n) is 5.52. The summed E-state index contributed by atoms with van der Waals surface area (Å²) in [5, 5.41) is 12.3. The van der Waals surface area contributed by atoms with Crippen LogP contribution in [0.4, 0.5) is 11.5 Å². The second-order valence-corrected chi connectivity index (χ2v) is 5.52. The van der Waals surface area contributed by atoms with Crippen LogP contribution in [0.1, 0.15) is 5.56 Å². The molecule has 0 spiro atoms. The van der Waals surface area contributed by atoms with E-state index < -0.39 is 0 Å². The van der Waals surface area contributed by atoms with Gasteiger partial charge in [-0.15, -0.1) is 0 Å². The maximum atomic E-state index is 9.07. The van der Waals surface area contributed by atoms with Crippen molar-refractivity contribution in [2.24, 2.45) is 0 Å². The van der Waals surface area contributed by atoms with E-state index in [1.165, 1.54) is 0 Å². The summed E-state index contributed by atoms with van der Waals surface area (Å²) in [7, 11) is 4.67. The van der Waals surface area contributed by atoms with E-state index >= 15 is 0 Å². The van der Waals surface area contributed by atoms with Gasteiger partial charge >= 0.3 is 0 Å². The van der Waals surface area contributed by atoms with E-state index in [1.54, 1.807) is 58.0 Å². The van der Waals surface area contributed by atoms with Gasteiger partial charge in [0.25, 0.3) is 0 Å². The number of nitrogens with zero attached hydrogens (tertiary/aromatic N) is 3. The number of methoxy groups -OCH3 is 3. The third kappa shape index (κ3) is 3.90. The Morgan fingerprint density at radius 1 is 0.963 bits per heavy atom. The minimum Gasteiger partial charge on any atom is -0.493 e. The second kappa shape index (κ2) is 8.06. The fraction of sp³-hybridized carbons (Fsp3) is 0.150. The maximum absolute atomic E-state index is 9.07. The summed E-state index contributed by atoms with van der Waals surface area (Å²) in [6.45, 7) is 0. The number of hydrogen-bond acceptors (Lipinski definition) is 7. The van der Waals surface area contributed by atoms with Crippen molar-refractivity contribution in [2.45, 2.75) is 0 Å². The molecule has 0 aliphatic heterocycles. The number of aromatic nitrogens is 2. The standard InChI is InChI=1S/C20H18N4O3/c1-25-17-8-15(9-18(26-2)20(17)27-3)23-19-12-22-11-16(24-19)14-6-4-5-13(7-14)10-21/h4-9,11-12H,1-3H3,(H,23,24). The Kier molecular flexibility index (Phi) is 5.38. The van der Waals surface area contributed by atoms with Gasteiger partial charge in [0.2, 0.25) is 5.75 Å². The topological polar surface area (TPSA) is 89.3 Å². The van der Waals surface area contributed by atoms with Crippen molar-refractivity contribution in [1.82, 2.24) is 9.97 Å². The van der Waals surface area contributed by atoms with Gasteiger partial charge in [-0.1, -0.05) is 12.1 Å². The minimum atomic E-state index is 0.513. The molecule has 0 aliphatic carbocycles. The molecule has 3 aromatic rings. The molecule has 0 unspecified atom stereocenters. The van der Waals surface area contributed by atoms with Gasteiger partial charge in [-0.05, 0) is 12.1 Å². The highest BCUT2D eigenvalue weighted by atomic mass is 16.5.